The predicted octanol–water partition coefficient (Wildman–Crippen LogP) is 2.57. The Kier molecular flexibility index (Phi) is 4.20. The molecular weight excluding hydrogens is 302 g/mol. The highest BCUT2D eigenvalue weighted by Crippen LogP contribution is 2.28. The molecule has 2 rings (SSSR count). The van der Waals surface area contributed by atoms with Gasteiger partial charge in [0.15, 0.2) is 5.03 Å². The van der Waals surface area contributed by atoms with Crippen LogP contribution in [0.5, 0.6) is 5.75 Å². The van der Waals surface area contributed by atoms with Crippen LogP contribution in [0, 0.1) is 6.92 Å². The summed E-state index contributed by atoms with van der Waals surface area (Å²) in [5.41, 5.74) is 0.353. The fourth-order valence-electron chi connectivity index (χ4n) is 1.58. The van der Waals surface area contributed by atoms with Crippen LogP contribution in [0.1, 0.15) is 12.7 Å². The SMILES string of the molecule is CCOc1ccc(NS(=O)(=O)c2cnc(C)[nH]2)cc1Cl. The van der Waals surface area contributed by atoms with Crippen molar-refractivity contribution in [3.05, 3.63) is 35.2 Å². The lowest BCUT2D eigenvalue weighted by Crippen LogP contribution is -2.13. The van der Waals surface area contributed by atoms with Crippen LogP contribution in [-0.2, 0) is 10.0 Å². The van der Waals surface area contributed by atoms with Gasteiger partial charge in [0.05, 0.1) is 23.5 Å². The standard InChI is InChI=1S/C12H14ClN3O3S/c1-3-19-11-5-4-9(6-10(11)13)16-20(17,18)12-7-14-8(2)15-12/h4-7,16H,3H2,1-2H3,(H,14,15). The molecule has 0 bridgehead atoms. The van der Waals surface area contributed by atoms with E-state index in [1.807, 2.05) is 6.92 Å². The zero-order chi connectivity index (χ0) is 14.8. The summed E-state index contributed by atoms with van der Waals surface area (Å²) in [6.07, 6.45) is 1.26. The first-order chi connectivity index (χ1) is 9.42. The maximum Gasteiger partial charge on any atom is 0.278 e. The maximum atomic E-state index is 12.1. The number of halogens is 1. The average Bonchev–Trinajstić information content (AvgIpc) is 2.80. The molecule has 0 fully saturated rings. The van der Waals surface area contributed by atoms with E-state index in [0.717, 1.165) is 0 Å². The van der Waals surface area contributed by atoms with Gasteiger partial charge in [-0.25, -0.2) is 4.98 Å². The van der Waals surface area contributed by atoms with Gasteiger partial charge in [-0.15, -0.1) is 0 Å². The van der Waals surface area contributed by atoms with Crippen molar-refractivity contribution in [2.24, 2.45) is 0 Å². The minimum atomic E-state index is -3.70. The van der Waals surface area contributed by atoms with Gasteiger partial charge < -0.3 is 9.72 Å². The quantitative estimate of drug-likeness (QED) is 0.888. The smallest absolute Gasteiger partial charge is 0.278 e. The lowest BCUT2D eigenvalue weighted by molar-refractivity contribution is 0.340. The minimum absolute atomic E-state index is 0.00000664. The van der Waals surface area contributed by atoms with Crippen LogP contribution < -0.4 is 9.46 Å². The zero-order valence-electron chi connectivity index (χ0n) is 11.0. The van der Waals surface area contributed by atoms with Crippen molar-refractivity contribution in [1.82, 2.24) is 9.97 Å². The van der Waals surface area contributed by atoms with Crippen molar-refractivity contribution < 1.29 is 13.2 Å². The molecule has 2 N–H and O–H groups in total. The number of anilines is 1. The molecule has 0 saturated heterocycles. The molecule has 6 nitrogen and oxygen atoms in total. The van der Waals surface area contributed by atoms with E-state index in [0.29, 0.717) is 28.9 Å². The summed E-state index contributed by atoms with van der Waals surface area (Å²) in [5, 5.41) is 0.341. The van der Waals surface area contributed by atoms with Crippen LogP contribution in [0.4, 0.5) is 5.69 Å². The van der Waals surface area contributed by atoms with Gasteiger partial charge in [0.1, 0.15) is 11.6 Å². The number of benzene rings is 1. The topological polar surface area (TPSA) is 84.1 Å². The van der Waals surface area contributed by atoms with E-state index in [-0.39, 0.29) is 5.03 Å². The molecule has 0 amide bonds. The third-order valence-corrected chi connectivity index (χ3v) is 4.04. The number of hydrogen-bond donors (Lipinski definition) is 2. The van der Waals surface area contributed by atoms with Gasteiger partial charge >= 0.3 is 0 Å². The summed E-state index contributed by atoms with van der Waals surface area (Å²) in [7, 11) is -3.70. The number of aromatic amines is 1. The average molecular weight is 316 g/mol. The summed E-state index contributed by atoms with van der Waals surface area (Å²) in [5.74, 6) is 1.03. The van der Waals surface area contributed by atoms with Gasteiger partial charge in [0, 0.05) is 0 Å². The fraction of sp³-hybridized carbons (Fsp3) is 0.250. The Morgan fingerprint density at radius 1 is 1.45 bits per heavy atom. The summed E-state index contributed by atoms with van der Waals surface area (Å²) in [6, 6.07) is 4.69. The predicted molar refractivity (Wildman–Crippen MR) is 76.8 cm³/mol. The lowest BCUT2D eigenvalue weighted by atomic mass is 10.3. The van der Waals surface area contributed by atoms with Gasteiger partial charge in [-0.05, 0) is 32.0 Å². The second-order valence-electron chi connectivity index (χ2n) is 4.02. The number of nitrogens with zero attached hydrogens (tertiary/aromatic N) is 1. The summed E-state index contributed by atoms with van der Waals surface area (Å²) < 4.78 is 31.9. The molecule has 0 aliphatic carbocycles. The summed E-state index contributed by atoms with van der Waals surface area (Å²) in [4.78, 5) is 6.52. The highest BCUT2D eigenvalue weighted by Gasteiger charge is 2.17. The van der Waals surface area contributed by atoms with Crippen LogP contribution in [0.3, 0.4) is 0 Å². The number of ether oxygens (including phenoxy) is 1. The molecule has 0 atom stereocenters. The molecule has 2 aromatic rings. The van der Waals surface area contributed by atoms with E-state index in [1.165, 1.54) is 12.3 Å². The van der Waals surface area contributed by atoms with Crippen LogP contribution in [0.15, 0.2) is 29.4 Å². The molecule has 0 aliphatic heterocycles. The second kappa shape index (κ2) is 5.72. The Morgan fingerprint density at radius 3 is 2.75 bits per heavy atom. The number of aryl methyl sites for hydroxylation is 1. The van der Waals surface area contributed by atoms with Gasteiger partial charge in [-0.3, -0.25) is 4.72 Å². The molecule has 108 valence electrons. The normalized spacial score (nSPS) is 11.3. The molecule has 0 spiro atoms. The third-order valence-electron chi connectivity index (χ3n) is 2.45. The highest BCUT2D eigenvalue weighted by atomic mass is 35.5. The van der Waals surface area contributed by atoms with Crippen LogP contribution >= 0.6 is 11.6 Å². The lowest BCUT2D eigenvalue weighted by Gasteiger charge is -2.09. The van der Waals surface area contributed by atoms with Crippen molar-refractivity contribution in [2.75, 3.05) is 11.3 Å². The van der Waals surface area contributed by atoms with Gasteiger partial charge in [0.25, 0.3) is 10.0 Å². The minimum Gasteiger partial charge on any atom is -0.492 e. The monoisotopic (exact) mass is 315 g/mol. The Balaban J connectivity index is 2.24. The van der Waals surface area contributed by atoms with E-state index in [1.54, 1.807) is 19.1 Å². The van der Waals surface area contributed by atoms with E-state index in [4.69, 9.17) is 16.3 Å². The van der Waals surface area contributed by atoms with Crippen LogP contribution in [0.25, 0.3) is 0 Å². The van der Waals surface area contributed by atoms with Gasteiger partial charge in [-0.1, -0.05) is 11.6 Å². The molecule has 20 heavy (non-hydrogen) atoms. The fourth-order valence-corrected chi connectivity index (χ4v) is 2.84. The van der Waals surface area contributed by atoms with Gasteiger partial charge in [-0.2, -0.15) is 8.42 Å². The molecule has 0 saturated carbocycles. The van der Waals surface area contributed by atoms with Crippen LogP contribution in [0.2, 0.25) is 5.02 Å². The molecule has 1 heterocycles. The number of rotatable bonds is 5. The second-order valence-corrected chi connectivity index (χ2v) is 6.07. The third kappa shape index (κ3) is 3.23. The van der Waals surface area contributed by atoms with Crippen molar-refractivity contribution in [3.8, 4) is 5.75 Å². The van der Waals surface area contributed by atoms with Crippen LogP contribution in [-0.4, -0.2) is 25.0 Å². The maximum absolute atomic E-state index is 12.1. The highest BCUT2D eigenvalue weighted by molar-refractivity contribution is 7.92. The number of nitrogens with one attached hydrogen (secondary N) is 2. The molecule has 0 radical (unpaired) electrons. The van der Waals surface area contributed by atoms with E-state index < -0.39 is 10.0 Å². The van der Waals surface area contributed by atoms with Crippen molar-refractivity contribution >= 4 is 27.3 Å². The molecular formula is C12H14ClN3O3S. The Bertz CT molecular complexity index is 712. The largest absolute Gasteiger partial charge is 0.492 e. The Hall–Kier alpha value is -1.73. The van der Waals surface area contributed by atoms with E-state index in [9.17, 15) is 8.42 Å². The first kappa shape index (κ1) is 14.7. The molecule has 1 aromatic heterocycles. The Labute approximate surface area is 122 Å². The van der Waals surface area contributed by atoms with E-state index in [2.05, 4.69) is 14.7 Å². The number of imidazole rings is 1. The van der Waals surface area contributed by atoms with Gasteiger partial charge in [0.2, 0.25) is 0 Å². The Morgan fingerprint density at radius 2 is 2.20 bits per heavy atom. The first-order valence-electron chi connectivity index (χ1n) is 5.89. The van der Waals surface area contributed by atoms with Crippen molar-refractivity contribution in [2.45, 2.75) is 18.9 Å². The van der Waals surface area contributed by atoms with Crippen molar-refractivity contribution in [1.29, 1.82) is 0 Å². The summed E-state index contributed by atoms with van der Waals surface area (Å²) in [6.45, 7) is 4.00. The molecule has 0 unspecified atom stereocenters. The first-order valence-corrected chi connectivity index (χ1v) is 7.75. The number of H-pyrrole nitrogens is 1. The number of sulfonamides is 1. The molecule has 8 heteroatoms. The summed E-state index contributed by atoms with van der Waals surface area (Å²) >= 11 is 6.01. The van der Waals surface area contributed by atoms with E-state index >= 15 is 0 Å². The molecule has 0 aliphatic rings. The molecule has 1 aromatic carbocycles. The number of hydrogen-bond acceptors (Lipinski definition) is 4. The number of aromatic nitrogens is 2. The van der Waals surface area contributed by atoms with Crippen molar-refractivity contribution in [3.63, 3.8) is 0 Å². The zero-order valence-corrected chi connectivity index (χ0v) is 12.5.